The largest absolute Gasteiger partial charge is 0.399 e. The third-order valence-corrected chi connectivity index (χ3v) is 3.43. The molecule has 0 aromatic heterocycles. The van der Waals surface area contributed by atoms with Gasteiger partial charge in [-0.1, -0.05) is 0 Å². The fraction of sp³-hybridized carbons (Fsp3) is 0.300. The van der Waals surface area contributed by atoms with E-state index in [0.717, 1.165) is 6.07 Å². The minimum absolute atomic E-state index is 0.0891. The maximum atomic E-state index is 13.7. The maximum absolute atomic E-state index is 13.7. The van der Waals surface area contributed by atoms with Crippen LogP contribution in [0.5, 0.6) is 0 Å². The Labute approximate surface area is 104 Å². The summed E-state index contributed by atoms with van der Waals surface area (Å²) in [5, 5.41) is 2.24. The van der Waals surface area contributed by atoms with E-state index in [2.05, 4.69) is 5.32 Å². The number of carbonyl (C=O) groups excluding carboxylic acids is 1. The van der Waals surface area contributed by atoms with Gasteiger partial charge in [-0.05, 0) is 31.5 Å². The van der Waals surface area contributed by atoms with Gasteiger partial charge in [-0.15, -0.1) is 0 Å². The first kappa shape index (κ1) is 14.2. The molecule has 0 aliphatic rings. The summed E-state index contributed by atoms with van der Waals surface area (Å²) in [7, 11) is -4.27. The molecule has 0 spiro atoms. The summed E-state index contributed by atoms with van der Waals surface area (Å²) >= 11 is 0. The van der Waals surface area contributed by atoms with Crippen LogP contribution in [0.25, 0.3) is 0 Å². The number of urea groups is 1. The predicted molar refractivity (Wildman–Crippen MR) is 64.9 cm³/mol. The lowest BCUT2D eigenvalue weighted by atomic mass is 10.2. The van der Waals surface area contributed by atoms with Gasteiger partial charge in [0.05, 0.1) is 0 Å². The predicted octanol–water partition coefficient (Wildman–Crippen LogP) is 0.724. The first-order valence-electron chi connectivity index (χ1n) is 5.14. The number of hydrogen-bond acceptors (Lipinski definition) is 4. The molecule has 0 saturated carbocycles. The highest BCUT2D eigenvalue weighted by molar-refractivity contribution is 7.90. The molecular weight excluding hydrogens is 261 g/mol. The molecule has 4 N–H and O–H groups in total. The topological polar surface area (TPSA) is 101 Å². The summed E-state index contributed by atoms with van der Waals surface area (Å²) < 4.78 is 39.0. The standard InChI is InChI=1S/C10H14FN3O3S/c1-3-13-10(15)14-18(16,17)8-5-7(12)4-6(2)9(8)11/h4-5H,3,12H2,1-2H3,(H2,13,14,15). The molecule has 0 fully saturated rings. The lowest BCUT2D eigenvalue weighted by Crippen LogP contribution is -2.39. The fourth-order valence-corrected chi connectivity index (χ4v) is 2.45. The lowest BCUT2D eigenvalue weighted by molar-refractivity contribution is 0.246. The zero-order chi connectivity index (χ0) is 13.9. The number of sulfonamides is 1. The quantitative estimate of drug-likeness (QED) is 0.707. The van der Waals surface area contributed by atoms with Gasteiger partial charge in [0.15, 0.2) is 0 Å². The molecule has 0 bridgehead atoms. The molecule has 1 aromatic carbocycles. The van der Waals surface area contributed by atoms with Crippen LogP contribution in [0, 0.1) is 12.7 Å². The van der Waals surface area contributed by atoms with E-state index in [-0.39, 0.29) is 17.8 Å². The Morgan fingerprint density at radius 2 is 2.06 bits per heavy atom. The van der Waals surface area contributed by atoms with Crippen molar-refractivity contribution >= 4 is 21.7 Å². The highest BCUT2D eigenvalue weighted by Gasteiger charge is 2.23. The number of nitrogens with two attached hydrogens (primary N) is 1. The van der Waals surface area contributed by atoms with Crippen LogP contribution in [0.3, 0.4) is 0 Å². The number of anilines is 1. The van der Waals surface area contributed by atoms with E-state index in [1.54, 1.807) is 11.6 Å². The molecule has 1 rings (SSSR count). The van der Waals surface area contributed by atoms with Gasteiger partial charge >= 0.3 is 6.03 Å². The molecule has 0 aliphatic heterocycles. The highest BCUT2D eigenvalue weighted by Crippen LogP contribution is 2.21. The molecule has 8 heteroatoms. The Bertz CT molecular complexity index is 572. The van der Waals surface area contributed by atoms with Gasteiger partial charge in [-0.3, -0.25) is 0 Å². The zero-order valence-electron chi connectivity index (χ0n) is 9.95. The minimum atomic E-state index is -4.27. The van der Waals surface area contributed by atoms with Gasteiger partial charge < -0.3 is 11.1 Å². The third kappa shape index (κ3) is 3.10. The molecule has 0 unspecified atom stereocenters. The van der Waals surface area contributed by atoms with Crippen LogP contribution in [0.2, 0.25) is 0 Å². The maximum Gasteiger partial charge on any atom is 0.328 e. The second-order valence-corrected chi connectivity index (χ2v) is 5.27. The van der Waals surface area contributed by atoms with Gasteiger partial charge in [0.2, 0.25) is 0 Å². The number of nitrogens with one attached hydrogen (secondary N) is 2. The monoisotopic (exact) mass is 275 g/mol. The second kappa shape index (κ2) is 5.21. The summed E-state index contributed by atoms with van der Waals surface area (Å²) in [5.41, 5.74) is 5.65. The lowest BCUT2D eigenvalue weighted by Gasteiger charge is -2.10. The number of hydrogen-bond donors (Lipinski definition) is 3. The molecular formula is C10H14FN3O3S. The summed E-state index contributed by atoms with van der Waals surface area (Å²) in [6.07, 6.45) is 0. The van der Waals surface area contributed by atoms with E-state index < -0.39 is 26.8 Å². The van der Waals surface area contributed by atoms with Crippen molar-refractivity contribution in [1.29, 1.82) is 0 Å². The van der Waals surface area contributed by atoms with Crippen LogP contribution in [0.15, 0.2) is 17.0 Å². The zero-order valence-corrected chi connectivity index (χ0v) is 10.8. The van der Waals surface area contributed by atoms with E-state index in [4.69, 9.17) is 5.73 Å². The van der Waals surface area contributed by atoms with Crippen LogP contribution in [-0.4, -0.2) is 21.0 Å². The van der Waals surface area contributed by atoms with Gasteiger partial charge in [-0.25, -0.2) is 22.3 Å². The average Bonchev–Trinajstić information content (AvgIpc) is 2.22. The number of amides is 2. The Hall–Kier alpha value is -1.83. The molecule has 0 aliphatic carbocycles. The third-order valence-electron chi connectivity index (χ3n) is 2.10. The van der Waals surface area contributed by atoms with Crippen LogP contribution >= 0.6 is 0 Å². The van der Waals surface area contributed by atoms with E-state index in [0.29, 0.717) is 0 Å². The number of benzene rings is 1. The fourth-order valence-electron chi connectivity index (χ4n) is 1.33. The van der Waals surface area contributed by atoms with E-state index in [9.17, 15) is 17.6 Å². The van der Waals surface area contributed by atoms with E-state index in [1.807, 2.05) is 0 Å². The average molecular weight is 275 g/mol. The molecule has 0 radical (unpaired) electrons. The van der Waals surface area contributed by atoms with Gasteiger partial charge in [0, 0.05) is 12.2 Å². The Balaban J connectivity index is 3.17. The number of nitrogen functional groups attached to an aromatic ring is 1. The molecule has 1 aromatic rings. The van der Waals surface area contributed by atoms with Crippen molar-refractivity contribution in [3.63, 3.8) is 0 Å². The molecule has 0 saturated heterocycles. The first-order valence-corrected chi connectivity index (χ1v) is 6.62. The number of carbonyl (C=O) groups is 1. The number of halogens is 1. The van der Waals surface area contributed by atoms with Crippen molar-refractivity contribution in [3.8, 4) is 0 Å². The molecule has 18 heavy (non-hydrogen) atoms. The van der Waals surface area contributed by atoms with Crippen molar-refractivity contribution in [2.75, 3.05) is 12.3 Å². The number of rotatable bonds is 3. The van der Waals surface area contributed by atoms with Crippen LogP contribution in [0.1, 0.15) is 12.5 Å². The summed E-state index contributed by atoms with van der Waals surface area (Å²) in [5.74, 6) is -0.930. The molecule has 6 nitrogen and oxygen atoms in total. The highest BCUT2D eigenvalue weighted by atomic mass is 32.2. The van der Waals surface area contributed by atoms with Crippen LogP contribution in [-0.2, 0) is 10.0 Å². The first-order chi connectivity index (χ1) is 8.27. The Kier molecular flexibility index (Phi) is 4.12. The van der Waals surface area contributed by atoms with Crippen molar-refractivity contribution in [2.45, 2.75) is 18.7 Å². The van der Waals surface area contributed by atoms with Crippen molar-refractivity contribution in [2.24, 2.45) is 0 Å². The molecule has 0 atom stereocenters. The summed E-state index contributed by atoms with van der Waals surface area (Å²) in [4.78, 5) is 10.5. The smallest absolute Gasteiger partial charge is 0.328 e. The van der Waals surface area contributed by atoms with Gasteiger partial charge in [-0.2, -0.15) is 0 Å². The van der Waals surface area contributed by atoms with E-state index in [1.165, 1.54) is 13.0 Å². The molecule has 2 amide bonds. The Morgan fingerprint density at radius 1 is 1.44 bits per heavy atom. The van der Waals surface area contributed by atoms with Crippen LogP contribution in [0.4, 0.5) is 14.9 Å². The van der Waals surface area contributed by atoms with Crippen molar-refractivity contribution in [1.82, 2.24) is 10.0 Å². The summed E-state index contributed by atoms with van der Waals surface area (Å²) in [6, 6.07) is 1.35. The van der Waals surface area contributed by atoms with E-state index >= 15 is 0 Å². The summed E-state index contributed by atoms with van der Waals surface area (Å²) in [6.45, 7) is 3.26. The van der Waals surface area contributed by atoms with Gasteiger partial charge in [0.25, 0.3) is 10.0 Å². The normalized spacial score (nSPS) is 11.1. The molecule has 100 valence electrons. The minimum Gasteiger partial charge on any atom is -0.399 e. The number of aryl methyl sites for hydroxylation is 1. The second-order valence-electron chi connectivity index (χ2n) is 3.61. The molecule has 0 heterocycles. The Morgan fingerprint density at radius 3 is 2.61 bits per heavy atom. The van der Waals surface area contributed by atoms with Crippen molar-refractivity contribution in [3.05, 3.63) is 23.5 Å². The van der Waals surface area contributed by atoms with Gasteiger partial charge in [0.1, 0.15) is 10.7 Å². The van der Waals surface area contributed by atoms with Crippen molar-refractivity contribution < 1.29 is 17.6 Å². The SMILES string of the molecule is CCNC(=O)NS(=O)(=O)c1cc(N)cc(C)c1F. The van der Waals surface area contributed by atoms with Crippen LogP contribution < -0.4 is 15.8 Å².